The van der Waals surface area contributed by atoms with Gasteiger partial charge in [0.05, 0.1) is 26.6 Å². The van der Waals surface area contributed by atoms with Crippen LogP contribution in [0.2, 0.25) is 0 Å². The number of benzene rings is 4. The Balaban J connectivity index is 1.31. The molecule has 0 unspecified atom stereocenters. The summed E-state index contributed by atoms with van der Waals surface area (Å²) in [6.45, 7) is 0.316. The zero-order valence-corrected chi connectivity index (χ0v) is 22.0. The van der Waals surface area contributed by atoms with Crippen LogP contribution >= 0.6 is 31.9 Å². The zero-order chi connectivity index (χ0) is 25.5. The van der Waals surface area contributed by atoms with Crippen LogP contribution in [-0.2, 0) is 11.4 Å². The second kappa shape index (κ2) is 11.8. The van der Waals surface area contributed by atoms with Gasteiger partial charge in [0, 0.05) is 23.2 Å². The van der Waals surface area contributed by atoms with E-state index < -0.39 is 4.92 Å². The normalized spacial score (nSPS) is 10.9. The Morgan fingerprint density at radius 3 is 2.42 bits per heavy atom. The fraction of sp³-hybridized carbons (Fsp3) is 0.0769. The Labute approximate surface area is 223 Å². The lowest BCUT2D eigenvalue weighted by Gasteiger charge is -2.11. The molecule has 0 bridgehead atoms. The van der Waals surface area contributed by atoms with Crippen molar-refractivity contribution in [2.45, 2.75) is 6.61 Å². The number of nitrogens with zero attached hydrogens (tertiary/aromatic N) is 2. The number of hydrogen-bond acceptors (Lipinski definition) is 6. The van der Waals surface area contributed by atoms with Crippen molar-refractivity contribution in [2.75, 3.05) is 11.9 Å². The number of nitrogens with one attached hydrogen (secondary N) is 2. The number of carbonyl (C=O) groups excluding carboxylic acids is 1. The molecule has 4 rings (SSSR count). The van der Waals surface area contributed by atoms with E-state index in [-0.39, 0.29) is 24.7 Å². The summed E-state index contributed by atoms with van der Waals surface area (Å²) in [5.74, 6) is 0.300. The molecule has 2 N–H and O–H groups in total. The van der Waals surface area contributed by atoms with Gasteiger partial charge >= 0.3 is 0 Å². The molecule has 0 saturated heterocycles. The highest BCUT2D eigenvalue weighted by Gasteiger charge is 2.10. The second-order valence-corrected chi connectivity index (χ2v) is 9.41. The monoisotopic (exact) mass is 610 g/mol. The maximum Gasteiger partial charge on any atom is 0.269 e. The smallest absolute Gasteiger partial charge is 0.269 e. The van der Waals surface area contributed by atoms with Crippen molar-refractivity contribution in [1.82, 2.24) is 5.43 Å². The molecule has 0 aliphatic carbocycles. The van der Waals surface area contributed by atoms with Crippen molar-refractivity contribution in [3.8, 4) is 5.75 Å². The maximum absolute atomic E-state index is 12.2. The number of carbonyl (C=O) groups is 1. The van der Waals surface area contributed by atoms with Crippen LogP contribution in [0, 0.1) is 10.1 Å². The first-order valence-corrected chi connectivity index (χ1v) is 12.4. The molecule has 36 heavy (non-hydrogen) atoms. The number of fused-ring (bicyclic) bond motifs is 1. The topological polar surface area (TPSA) is 106 Å². The Bertz CT molecular complexity index is 1410. The Kier molecular flexibility index (Phi) is 8.29. The molecule has 4 aromatic carbocycles. The summed E-state index contributed by atoms with van der Waals surface area (Å²) in [5.41, 5.74) is 4.96. The minimum absolute atomic E-state index is 0.0289. The molecule has 0 heterocycles. The van der Waals surface area contributed by atoms with Gasteiger partial charge in [0.1, 0.15) is 12.4 Å². The van der Waals surface area contributed by atoms with Crippen molar-refractivity contribution >= 4 is 66.1 Å². The molecule has 0 aromatic heterocycles. The Morgan fingerprint density at radius 1 is 1.00 bits per heavy atom. The molecule has 4 aromatic rings. The largest absolute Gasteiger partial charge is 0.487 e. The highest BCUT2D eigenvalue weighted by Crippen LogP contribution is 2.35. The quantitative estimate of drug-likeness (QED) is 0.129. The molecule has 0 radical (unpaired) electrons. The summed E-state index contributed by atoms with van der Waals surface area (Å²) in [7, 11) is 0. The van der Waals surface area contributed by atoms with Crippen LogP contribution in [-0.4, -0.2) is 23.6 Å². The molecule has 182 valence electrons. The molecular formula is C26H20Br2N4O4. The van der Waals surface area contributed by atoms with Gasteiger partial charge in [-0.2, -0.15) is 5.10 Å². The van der Waals surface area contributed by atoms with Gasteiger partial charge in [-0.25, -0.2) is 5.43 Å². The number of ether oxygens (including phenoxy) is 1. The van der Waals surface area contributed by atoms with E-state index in [1.165, 1.54) is 18.3 Å². The second-order valence-electron chi connectivity index (χ2n) is 7.70. The van der Waals surface area contributed by atoms with Crippen LogP contribution < -0.4 is 15.5 Å². The summed E-state index contributed by atoms with van der Waals surface area (Å²) in [5, 5.41) is 20.1. The number of nitro groups is 1. The summed E-state index contributed by atoms with van der Waals surface area (Å²) in [4.78, 5) is 22.6. The fourth-order valence-electron chi connectivity index (χ4n) is 3.43. The van der Waals surface area contributed by atoms with Crippen LogP contribution in [0.1, 0.15) is 11.1 Å². The van der Waals surface area contributed by atoms with Crippen LogP contribution in [0.25, 0.3) is 10.8 Å². The predicted octanol–water partition coefficient (Wildman–Crippen LogP) is 6.41. The number of anilines is 1. The minimum atomic E-state index is -0.442. The first-order valence-electron chi connectivity index (χ1n) is 10.8. The SMILES string of the molecule is O=C(CNc1cccc2ccccc12)N/N=C\c1cc(Br)c(OCc2ccc([N+](=O)[O-])cc2)c(Br)c1. The predicted molar refractivity (Wildman–Crippen MR) is 147 cm³/mol. The molecule has 0 spiro atoms. The lowest BCUT2D eigenvalue weighted by atomic mass is 10.1. The summed E-state index contributed by atoms with van der Waals surface area (Å²) < 4.78 is 7.24. The first kappa shape index (κ1) is 25.3. The lowest BCUT2D eigenvalue weighted by Crippen LogP contribution is -2.25. The summed E-state index contributed by atoms with van der Waals surface area (Å²) in [6.07, 6.45) is 1.53. The minimum Gasteiger partial charge on any atom is -0.487 e. The summed E-state index contributed by atoms with van der Waals surface area (Å²) in [6, 6.07) is 23.6. The molecule has 10 heteroatoms. The van der Waals surface area contributed by atoms with E-state index in [2.05, 4.69) is 47.7 Å². The number of non-ortho nitro benzene ring substituents is 1. The molecule has 0 aliphatic heterocycles. The third-order valence-electron chi connectivity index (χ3n) is 5.18. The van der Waals surface area contributed by atoms with Crippen LogP contribution in [0.3, 0.4) is 0 Å². The third-order valence-corrected chi connectivity index (χ3v) is 6.36. The van der Waals surface area contributed by atoms with Gasteiger partial charge in [0.25, 0.3) is 11.6 Å². The van der Waals surface area contributed by atoms with Crippen LogP contribution in [0.5, 0.6) is 5.75 Å². The average Bonchev–Trinajstić information content (AvgIpc) is 2.87. The standard InChI is InChI=1S/C26H20Br2N4O4/c27-22-12-18(13-23(28)26(22)36-16-17-8-10-20(11-9-17)32(34)35)14-30-31-25(33)15-29-24-7-3-5-19-4-1-2-6-21(19)24/h1-14,29H,15-16H2,(H,31,33)/b30-14-. The van der Waals surface area contributed by atoms with E-state index in [0.29, 0.717) is 14.7 Å². The number of nitro benzene ring substituents is 1. The van der Waals surface area contributed by atoms with Crippen molar-refractivity contribution in [1.29, 1.82) is 0 Å². The third kappa shape index (κ3) is 6.46. The van der Waals surface area contributed by atoms with Gasteiger partial charge in [0.15, 0.2) is 0 Å². The number of hydrogen-bond donors (Lipinski definition) is 2. The Hall–Kier alpha value is -3.76. The highest BCUT2D eigenvalue weighted by atomic mass is 79.9. The van der Waals surface area contributed by atoms with E-state index in [1.54, 1.807) is 24.3 Å². The molecule has 0 atom stereocenters. The maximum atomic E-state index is 12.2. The number of hydrazone groups is 1. The van der Waals surface area contributed by atoms with Gasteiger partial charge in [-0.1, -0.05) is 36.4 Å². The lowest BCUT2D eigenvalue weighted by molar-refractivity contribution is -0.384. The van der Waals surface area contributed by atoms with Gasteiger partial charge in [0.2, 0.25) is 0 Å². The van der Waals surface area contributed by atoms with Crippen molar-refractivity contribution in [3.63, 3.8) is 0 Å². The highest BCUT2D eigenvalue weighted by molar-refractivity contribution is 9.11. The zero-order valence-electron chi connectivity index (χ0n) is 18.8. The van der Waals surface area contributed by atoms with E-state index in [0.717, 1.165) is 27.6 Å². The molecule has 1 amide bonds. The Morgan fingerprint density at radius 2 is 1.69 bits per heavy atom. The van der Waals surface area contributed by atoms with Crippen molar-refractivity contribution in [2.24, 2.45) is 5.10 Å². The first-order chi connectivity index (χ1) is 17.4. The number of amides is 1. The van der Waals surface area contributed by atoms with E-state index in [1.807, 2.05) is 42.5 Å². The number of halogens is 2. The average molecular weight is 612 g/mol. The van der Waals surface area contributed by atoms with E-state index >= 15 is 0 Å². The molecular weight excluding hydrogens is 592 g/mol. The van der Waals surface area contributed by atoms with Gasteiger partial charge in [-0.3, -0.25) is 14.9 Å². The van der Waals surface area contributed by atoms with E-state index in [9.17, 15) is 14.9 Å². The van der Waals surface area contributed by atoms with Gasteiger partial charge in [-0.05, 0) is 78.7 Å². The molecule has 0 aliphatic rings. The van der Waals surface area contributed by atoms with E-state index in [4.69, 9.17) is 4.74 Å². The molecule has 0 fully saturated rings. The molecule has 8 nitrogen and oxygen atoms in total. The van der Waals surface area contributed by atoms with Crippen LogP contribution in [0.15, 0.2) is 92.9 Å². The fourth-order valence-corrected chi connectivity index (χ4v) is 4.89. The van der Waals surface area contributed by atoms with Gasteiger partial charge < -0.3 is 10.1 Å². The molecule has 0 saturated carbocycles. The van der Waals surface area contributed by atoms with Crippen molar-refractivity contribution < 1.29 is 14.5 Å². The number of rotatable bonds is 9. The summed E-state index contributed by atoms with van der Waals surface area (Å²) >= 11 is 6.98. The van der Waals surface area contributed by atoms with Gasteiger partial charge in [-0.15, -0.1) is 0 Å². The van der Waals surface area contributed by atoms with Crippen LogP contribution in [0.4, 0.5) is 11.4 Å². The van der Waals surface area contributed by atoms with Crippen molar-refractivity contribution in [3.05, 3.63) is 109 Å².